The van der Waals surface area contributed by atoms with Crippen LogP contribution in [0.4, 0.5) is 0 Å². The van der Waals surface area contributed by atoms with Crippen molar-refractivity contribution >= 4 is 33.7 Å². The fraction of sp³-hybridized carbons (Fsp3) is 0.440. The van der Waals surface area contributed by atoms with Crippen LogP contribution in [0.5, 0.6) is 0 Å². The third-order valence-corrected chi connectivity index (χ3v) is 6.24. The van der Waals surface area contributed by atoms with E-state index in [4.69, 9.17) is 9.47 Å². The quantitative estimate of drug-likeness (QED) is 0.507. The number of nitrogens with zero attached hydrogens (tertiary/aromatic N) is 1. The van der Waals surface area contributed by atoms with Crippen molar-refractivity contribution in [1.29, 1.82) is 0 Å². The molecule has 0 radical (unpaired) electrons. The highest BCUT2D eigenvalue weighted by Crippen LogP contribution is 2.41. The molecule has 0 spiro atoms. The molecule has 0 N–H and O–H groups in total. The first-order chi connectivity index (χ1) is 14.6. The molecule has 158 valence electrons. The second-order valence-corrected chi connectivity index (χ2v) is 7.96. The third kappa shape index (κ3) is 3.36. The maximum atomic E-state index is 13.2. The Labute approximate surface area is 177 Å². The summed E-state index contributed by atoms with van der Waals surface area (Å²) < 4.78 is 13.0. The first-order valence-electron chi connectivity index (χ1n) is 11.0. The van der Waals surface area contributed by atoms with Crippen LogP contribution in [-0.2, 0) is 16.5 Å². The molecule has 0 aliphatic heterocycles. The van der Waals surface area contributed by atoms with Crippen LogP contribution in [-0.4, -0.2) is 29.7 Å². The number of benzene rings is 2. The summed E-state index contributed by atoms with van der Waals surface area (Å²) in [7, 11) is 2.01. The highest BCUT2D eigenvalue weighted by Gasteiger charge is 2.32. The average molecular weight is 408 g/mol. The van der Waals surface area contributed by atoms with Crippen LogP contribution in [0.25, 0.3) is 21.8 Å². The molecule has 1 aliphatic carbocycles. The zero-order valence-corrected chi connectivity index (χ0v) is 18.0. The zero-order chi connectivity index (χ0) is 21.3. The number of aryl methyl sites for hydroxylation is 1. The Kier molecular flexibility index (Phi) is 5.80. The van der Waals surface area contributed by atoms with Crippen LogP contribution in [0.15, 0.2) is 30.3 Å². The van der Waals surface area contributed by atoms with Gasteiger partial charge in [0.1, 0.15) is 0 Å². The van der Waals surface area contributed by atoms with Gasteiger partial charge in [0.05, 0.1) is 29.9 Å². The Morgan fingerprint density at radius 3 is 2.23 bits per heavy atom. The van der Waals surface area contributed by atoms with E-state index in [2.05, 4.69) is 10.6 Å². The highest BCUT2D eigenvalue weighted by atomic mass is 16.5. The average Bonchev–Trinajstić information content (AvgIpc) is 3.05. The van der Waals surface area contributed by atoms with Gasteiger partial charge in [0, 0.05) is 23.3 Å². The van der Waals surface area contributed by atoms with Crippen LogP contribution < -0.4 is 0 Å². The van der Waals surface area contributed by atoms with Crippen LogP contribution in [0.2, 0.25) is 0 Å². The minimum Gasteiger partial charge on any atom is -0.462 e. The number of fused-ring (bicyclic) bond motifs is 3. The van der Waals surface area contributed by atoms with Crippen molar-refractivity contribution < 1.29 is 19.1 Å². The van der Waals surface area contributed by atoms with Gasteiger partial charge in [-0.1, -0.05) is 37.5 Å². The molecule has 30 heavy (non-hydrogen) atoms. The molecule has 5 heteroatoms. The lowest BCUT2D eigenvalue weighted by Crippen LogP contribution is -2.19. The van der Waals surface area contributed by atoms with Crippen molar-refractivity contribution in [3.8, 4) is 0 Å². The van der Waals surface area contributed by atoms with Gasteiger partial charge in [-0.2, -0.15) is 0 Å². The van der Waals surface area contributed by atoms with Gasteiger partial charge in [0.25, 0.3) is 0 Å². The predicted octanol–water partition coefficient (Wildman–Crippen LogP) is 5.73. The van der Waals surface area contributed by atoms with Crippen molar-refractivity contribution in [2.75, 3.05) is 13.2 Å². The van der Waals surface area contributed by atoms with E-state index in [0.29, 0.717) is 11.1 Å². The first-order valence-corrected chi connectivity index (χ1v) is 11.0. The molecular weight excluding hydrogens is 378 g/mol. The molecule has 5 nitrogen and oxygen atoms in total. The summed E-state index contributed by atoms with van der Waals surface area (Å²) >= 11 is 0. The lowest BCUT2D eigenvalue weighted by Gasteiger charge is -2.25. The number of esters is 2. The molecule has 0 amide bonds. The normalized spacial score (nSPS) is 14.9. The van der Waals surface area contributed by atoms with E-state index in [1.165, 1.54) is 6.42 Å². The van der Waals surface area contributed by atoms with Crippen LogP contribution >= 0.6 is 0 Å². The minimum absolute atomic E-state index is 0.244. The molecule has 1 aliphatic rings. The zero-order valence-electron chi connectivity index (χ0n) is 18.0. The number of hydrogen-bond donors (Lipinski definition) is 0. The van der Waals surface area contributed by atoms with Crippen molar-refractivity contribution in [3.63, 3.8) is 0 Å². The number of rotatable bonds is 5. The molecule has 1 aromatic heterocycles. The van der Waals surface area contributed by atoms with E-state index < -0.39 is 11.9 Å². The van der Waals surface area contributed by atoms with E-state index in [-0.39, 0.29) is 19.1 Å². The lowest BCUT2D eigenvalue weighted by molar-refractivity contribution is 0.0479. The molecule has 3 aromatic rings. The van der Waals surface area contributed by atoms with Gasteiger partial charge in [0.15, 0.2) is 0 Å². The summed E-state index contributed by atoms with van der Waals surface area (Å²) in [4.78, 5) is 26.4. The van der Waals surface area contributed by atoms with Gasteiger partial charge in [0.2, 0.25) is 0 Å². The Hall–Kier alpha value is -2.82. The van der Waals surface area contributed by atoms with Gasteiger partial charge in [-0.15, -0.1) is 0 Å². The highest BCUT2D eigenvalue weighted by molar-refractivity contribution is 6.21. The Balaban J connectivity index is 2.12. The number of carbonyl (C=O) groups is 2. The number of para-hydroxylation sites is 1. The Morgan fingerprint density at radius 1 is 0.933 bits per heavy atom. The van der Waals surface area contributed by atoms with Crippen molar-refractivity contribution in [2.24, 2.45) is 7.05 Å². The monoisotopic (exact) mass is 407 g/mol. The summed E-state index contributed by atoms with van der Waals surface area (Å²) in [6, 6.07) is 10.1. The number of hydrogen-bond acceptors (Lipinski definition) is 4. The van der Waals surface area contributed by atoms with E-state index in [1.54, 1.807) is 13.8 Å². The lowest BCUT2D eigenvalue weighted by atomic mass is 9.80. The van der Waals surface area contributed by atoms with Gasteiger partial charge in [-0.25, -0.2) is 9.59 Å². The smallest absolute Gasteiger partial charge is 0.339 e. The fourth-order valence-corrected chi connectivity index (χ4v) is 4.90. The van der Waals surface area contributed by atoms with E-state index >= 15 is 0 Å². The van der Waals surface area contributed by atoms with E-state index in [1.807, 2.05) is 31.3 Å². The van der Waals surface area contributed by atoms with Crippen molar-refractivity contribution in [3.05, 3.63) is 47.0 Å². The molecule has 0 bridgehead atoms. The third-order valence-electron chi connectivity index (χ3n) is 6.24. The standard InChI is InChI=1S/C25H29NO4/c1-4-29-24(27)22-18(16-11-7-6-8-12-16)15-20-21(23(22)25(28)30-5-2)17-13-9-10-14-19(17)26(20)3/h9-10,13-16H,4-8,11-12H2,1-3H3. The second kappa shape index (κ2) is 8.50. The molecule has 0 unspecified atom stereocenters. The largest absolute Gasteiger partial charge is 0.462 e. The van der Waals surface area contributed by atoms with Gasteiger partial charge in [-0.3, -0.25) is 0 Å². The number of carbonyl (C=O) groups excluding carboxylic acids is 2. The molecule has 0 atom stereocenters. The molecule has 4 rings (SSSR count). The summed E-state index contributed by atoms with van der Waals surface area (Å²) in [5.41, 5.74) is 3.65. The summed E-state index contributed by atoms with van der Waals surface area (Å²) in [6.07, 6.45) is 5.52. The summed E-state index contributed by atoms with van der Waals surface area (Å²) in [6.45, 7) is 4.09. The first kappa shape index (κ1) is 20.5. The van der Waals surface area contributed by atoms with Gasteiger partial charge >= 0.3 is 11.9 Å². The molecular formula is C25H29NO4. The second-order valence-electron chi connectivity index (χ2n) is 7.96. The maximum absolute atomic E-state index is 13.2. The fourth-order valence-electron chi connectivity index (χ4n) is 4.90. The Bertz CT molecular complexity index is 1110. The summed E-state index contributed by atoms with van der Waals surface area (Å²) in [5, 5.41) is 1.72. The molecule has 1 fully saturated rings. The predicted molar refractivity (Wildman–Crippen MR) is 118 cm³/mol. The SMILES string of the molecule is CCOC(=O)c1c(C2CCCCC2)cc2c(c1C(=O)OCC)c1ccccc1n2C. The maximum Gasteiger partial charge on any atom is 0.339 e. The number of ether oxygens (including phenoxy) is 2. The molecule has 1 saturated carbocycles. The van der Waals surface area contributed by atoms with Crippen LogP contribution in [0, 0.1) is 0 Å². The van der Waals surface area contributed by atoms with Crippen LogP contribution in [0.1, 0.15) is 78.1 Å². The topological polar surface area (TPSA) is 57.5 Å². The molecule has 2 aromatic carbocycles. The summed E-state index contributed by atoms with van der Waals surface area (Å²) in [5.74, 6) is -0.649. The Morgan fingerprint density at radius 2 is 1.57 bits per heavy atom. The van der Waals surface area contributed by atoms with Gasteiger partial charge in [-0.05, 0) is 50.3 Å². The van der Waals surface area contributed by atoms with Crippen molar-refractivity contribution in [1.82, 2.24) is 4.57 Å². The molecule has 1 heterocycles. The minimum atomic E-state index is -0.459. The van der Waals surface area contributed by atoms with Crippen LogP contribution in [0.3, 0.4) is 0 Å². The van der Waals surface area contributed by atoms with Crippen molar-refractivity contribution in [2.45, 2.75) is 51.9 Å². The van der Waals surface area contributed by atoms with E-state index in [0.717, 1.165) is 53.1 Å². The molecule has 0 saturated heterocycles. The van der Waals surface area contributed by atoms with Gasteiger partial charge < -0.3 is 14.0 Å². The van der Waals surface area contributed by atoms with E-state index in [9.17, 15) is 9.59 Å². The number of aromatic nitrogens is 1.